The fourth-order valence-electron chi connectivity index (χ4n) is 3.14. The standard InChI is InChI=1S/C23H20N6O2.C2HF3O2/c24-21(25)16-5-4-15-10-17(22(31)28-18-6-2-14(13-30)3-7-18)12-20(19(15)11-16)29-23-26-8-1-9-27-23;3-2(4,5)1(6)7/h1-12,30H,13H2,(H3,24,25)(H,28,31)(H,26,27,29);(H,6,7). The molecule has 0 aliphatic heterocycles. The third-order valence-electron chi connectivity index (χ3n) is 4.98. The molecule has 4 aromatic rings. The molecule has 38 heavy (non-hydrogen) atoms. The zero-order chi connectivity index (χ0) is 27.9. The number of nitrogens with two attached hydrogens (primary N) is 1. The van der Waals surface area contributed by atoms with Crippen molar-refractivity contribution in [2.45, 2.75) is 12.8 Å². The second-order valence-corrected chi connectivity index (χ2v) is 7.68. The molecule has 0 fully saturated rings. The molecule has 13 heteroatoms. The van der Waals surface area contributed by atoms with Crippen molar-refractivity contribution < 1.29 is 33.0 Å². The molecule has 0 saturated heterocycles. The highest BCUT2D eigenvalue weighted by atomic mass is 19.4. The summed E-state index contributed by atoms with van der Waals surface area (Å²) in [7, 11) is 0. The Balaban J connectivity index is 0.000000505. The van der Waals surface area contributed by atoms with Crippen LogP contribution in [0.1, 0.15) is 21.5 Å². The van der Waals surface area contributed by atoms with Crippen molar-refractivity contribution >= 4 is 45.8 Å². The number of carbonyl (C=O) groups is 2. The van der Waals surface area contributed by atoms with Crippen LogP contribution in [0.5, 0.6) is 0 Å². The van der Waals surface area contributed by atoms with Crippen LogP contribution in [0, 0.1) is 5.41 Å². The smallest absolute Gasteiger partial charge is 0.475 e. The number of amides is 1. The first-order valence-electron chi connectivity index (χ1n) is 10.8. The number of hydrogen-bond acceptors (Lipinski definition) is 7. The maximum absolute atomic E-state index is 12.9. The Bertz CT molecular complexity index is 1460. The lowest BCUT2D eigenvalue weighted by Crippen LogP contribution is -2.21. The molecule has 7 N–H and O–H groups in total. The van der Waals surface area contributed by atoms with E-state index in [1.165, 1.54) is 0 Å². The van der Waals surface area contributed by atoms with Crippen LogP contribution < -0.4 is 16.4 Å². The van der Waals surface area contributed by atoms with E-state index in [1.807, 2.05) is 6.07 Å². The molecule has 1 amide bonds. The van der Waals surface area contributed by atoms with Crippen LogP contribution in [-0.4, -0.2) is 44.1 Å². The van der Waals surface area contributed by atoms with Gasteiger partial charge in [-0.2, -0.15) is 13.2 Å². The summed E-state index contributed by atoms with van der Waals surface area (Å²) in [5, 5.41) is 31.6. The van der Waals surface area contributed by atoms with Gasteiger partial charge in [0.1, 0.15) is 5.84 Å². The predicted octanol–water partition coefficient (Wildman–Crippen LogP) is 4.04. The van der Waals surface area contributed by atoms with Gasteiger partial charge in [0.25, 0.3) is 5.91 Å². The third-order valence-corrected chi connectivity index (χ3v) is 4.98. The summed E-state index contributed by atoms with van der Waals surface area (Å²) in [4.78, 5) is 30.2. The summed E-state index contributed by atoms with van der Waals surface area (Å²) in [5.41, 5.74) is 8.66. The molecule has 0 radical (unpaired) electrons. The molecule has 0 spiro atoms. The summed E-state index contributed by atoms with van der Waals surface area (Å²) in [6, 6.07) is 17.5. The van der Waals surface area contributed by atoms with Crippen molar-refractivity contribution in [2.24, 2.45) is 5.73 Å². The largest absolute Gasteiger partial charge is 0.490 e. The molecule has 3 aromatic carbocycles. The van der Waals surface area contributed by atoms with Gasteiger partial charge in [-0.05, 0) is 47.3 Å². The molecule has 0 atom stereocenters. The number of aliphatic carboxylic acids is 1. The Morgan fingerprint density at radius 1 is 0.974 bits per heavy atom. The van der Waals surface area contributed by atoms with Crippen LogP contribution in [0.25, 0.3) is 10.8 Å². The number of amidine groups is 1. The summed E-state index contributed by atoms with van der Waals surface area (Å²) < 4.78 is 31.7. The maximum atomic E-state index is 12.9. The van der Waals surface area contributed by atoms with Gasteiger partial charge in [0.2, 0.25) is 5.95 Å². The first-order chi connectivity index (χ1) is 18.0. The lowest BCUT2D eigenvalue weighted by molar-refractivity contribution is -0.192. The van der Waals surface area contributed by atoms with Crippen molar-refractivity contribution in [3.63, 3.8) is 0 Å². The quantitative estimate of drug-likeness (QED) is 0.161. The molecule has 196 valence electrons. The highest BCUT2D eigenvalue weighted by molar-refractivity contribution is 6.10. The van der Waals surface area contributed by atoms with Gasteiger partial charge in [-0.15, -0.1) is 0 Å². The van der Waals surface area contributed by atoms with Gasteiger partial charge in [0, 0.05) is 40.3 Å². The van der Waals surface area contributed by atoms with E-state index in [0.29, 0.717) is 28.5 Å². The number of alkyl halides is 3. The SMILES string of the molecule is N=C(N)c1ccc2cc(C(=O)Nc3ccc(CO)cc3)cc(Nc3ncccn3)c2c1.O=C(O)C(F)(F)F. The second-order valence-electron chi connectivity index (χ2n) is 7.68. The Labute approximate surface area is 213 Å². The zero-order valence-corrected chi connectivity index (χ0v) is 19.5. The Kier molecular flexibility index (Phi) is 8.55. The number of aliphatic hydroxyl groups is 1. The van der Waals surface area contributed by atoms with Crippen molar-refractivity contribution in [2.75, 3.05) is 10.6 Å². The predicted molar refractivity (Wildman–Crippen MR) is 134 cm³/mol. The lowest BCUT2D eigenvalue weighted by Gasteiger charge is -2.13. The normalized spacial score (nSPS) is 10.7. The van der Waals surface area contributed by atoms with Gasteiger partial charge < -0.3 is 26.6 Å². The number of fused-ring (bicyclic) bond motifs is 1. The molecule has 10 nitrogen and oxygen atoms in total. The van der Waals surface area contributed by atoms with Crippen LogP contribution in [0.2, 0.25) is 0 Å². The van der Waals surface area contributed by atoms with Gasteiger partial charge in [-0.3, -0.25) is 10.2 Å². The molecular weight excluding hydrogens is 505 g/mol. The van der Waals surface area contributed by atoms with E-state index < -0.39 is 12.1 Å². The van der Waals surface area contributed by atoms with E-state index in [2.05, 4.69) is 20.6 Å². The fourth-order valence-corrected chi connectivity index (χ4v) is 3.14. The Hall–Kier alpha value is -5.04. The molecule has 0 unspecified atom stereocenters. The number of aromatic nitrogens is 2. The number of carboxylic acid groups (broad SMARTS) is 1. The minimum Gasteiger partial charge on any atom is -0.475 e. The molecule has 4 rings (SSSR count). The number of anilines is 3. The Morgan fingerprint density at radius 3 is 2.16 bits per heavy atom. The number of rotatable bonds is 6. The molecule has 1 heterocycles. The first-order valence-corrected chi connectivity index (χ1v) is 10.8. The van der Waals surface area contributed by atoms with E-state index in [9.17, 15) is 18.0 Å². The van der Waals surface area contributed by atoms with Gasteiger partial charge in [0.05, 0.1) is 6.61 Å². The van der Waals surface area contributed by atoms with E-state index in [4.69, 9.17) is 26.2 Å². The number of carboxylic acids is 1. The number of halogens is 3. The summed E-state index contributed by atoms with van der Waals surface area (Å²) in [6.45, 7) is -0.0578. The molecule has 0 bridgehead atoms. The molecule has 0 aliphatic rings. The monoisotopic (exact) mass is 526 g/mol. The Morgan fingerprint density at radius 2 is 1.61 bits per heavy atom. The number of hydrogen-bond donors (Lipinski definition) is 6. The third kappa shape index (κ3) is 7.24. The number of nitrogens with one attached hydrogen (secondary N) is 3. The van der Waals surface area contributed by atoms with Crippen molar-refractivity contribution in [1.29, 1.82) is 5.41 Å². The minimum absolute atomic E-state index is 0.0445. The summed E-state index contributed by atoms with van der Waals surface area (Å²) >= 11 is 0. The fraction of sp³-hybridized carbons (Fsp3) is 0.0800. The topological polar surface area (TPSA) is 174 Å². The first kappa shape index (κ1) is 27.5. The number of benzene rings is 3. The maximum Gasteiger partial charge on any atom is 0.490 e. The number of nitrogen functional groups attached to an aromatic ring is 1. The van der Waals surface area contributed by atoms with Crippen molar-refractivity contribution in [3.05, 3.63) is 89.7 Å². The molecule has 1 aromatic heterocycles. The van der Waals surface area contributed by atoms with E-state index in [0.717, 1.165) is 16.3 Å². The van der Waals surface area contributed by atoms with Crippen molar-refractivity contribution in [1.82, 2.24) is 9.97 Å². The average molecular weight is 526 g/mol. The average Bonchev–Trinajstić information content (AvgIpc) is 2.89. The highest BCUT2D eigenvalue weighted by Crippen LogP contribution is 2.29. The van der Waals surface area contributed by atoms with Crippen LogP contribution in [0.4, 0.5) is 30.5 Å². The van der Waals surface area contributed by atoms with Crippen LogP contribution in [-0.2, 0) is 11.4 Å². The van der Waals surface area contributed by atoms with Crippen LogP contribution >= 0.6 is 0 Å². The lowest BCUT2D eigenvalue weighted by atomic mass is 10.0. The van der Waals surface area contributed by atoms with Gasteiger partial charge in [0.15, 0.2) is 0 Å². The molecular formula is C25H21F3N6O4. The summed E-state index contributed by atoms with van der Waals surface area (Å²) in [6.07, 6.45) is -1.85. The number of nitrogens with zero attached hydrogens (tertiary/aromatic N) is 2. The molecule has 0 aliphatic carbocycles. The van der Waals surface area contributed by atoms with Gasteiger partial charge in [-0.25, -0.2) is 14.8 Å². The minimum atomic E-state index is -5.08. The second kappa shape index (κ2) is 11.8. The van der Waals surface area contributed by atoms with Gasteiger partial charge in [-0.1, -0.05) is 24.3 Å². The van der Waals surface area contributed by atoms with Gasteiger partial charge >= 0.3 is 12.1 Å². The van der Waals surface area contributed by atoms with Crippen LogP contribution in [0.3, 0.4) is 0 Å². The number of aliphatic hydroxyl groups excluding tert-OH is 1. The zero-order valence-electron chi connectivity index (χ0n) is 19.5. The van der Waals surface area contributed by atoms with E-state index in [-0.39, 0.29) is 18.3 Å². The van der Waals surface area contributed by atoms with E-state index in [1.54, 1.807) is 67.0 Å². The summed E-state index contributed by atoms with van der Waals surface area (Å²) in [5.74, 6) is -2.70. The molecule has 0 saturated carbocycles. The highest BCUT2D eigenvalue weighted by Gasteiger charge is 2.38. The van der Waals surface area contributed by atoms with Crippen molar-refractivity contribution in [3.8, 4) is 0 Å². The van der Waals surface area contributed by atoms with Crippen LogP contribution in [0.15, 0.2) is 73.1 Å². The number of carbonyl (C=O) groups excluding carboxylic acids is 1. The van der Waals surface area contributed by atoms with E-state index >= 15 is 0 Å².